The summed E-state index contributed by atoms with van der Waals surface area (Å²) in [5.74, 6) is -7.95. The maximum absolute atomic E-state index is 13.8. The van der Waals surface area contributed by atoms with Gasteiger partial charge in [-0.2, -0.15) is 22.0 Å². The maximum atomic E-state index is 13.8. The largest absolute Gasteiger partial charge is 0.489 e. The van der Waals surface area contributed by atoms with Crippen molar-refractivity contribution < 1.29 is 36.3 Å². The Balaban J connectivity index is 1.53. The van der Waals surface area contributed by atoms with Crippen LogP contribution >= 0.6 is 0 Å². The molecule has 32 heavy (non-hydrogen) atoms. The van der Waals surface area contributed by atoms with Gasteiger partial charge in [0.2, 0.25) is 0 Å². The van der Waals surface area contributed by atoms with Crippen LogP contribution in [0, 0.1) is 5.92 Å². The lowest BCUT2D eigenvalue weighted by molar-refractivity contribution is -0.304. The Morgan fingerprint density at radius 3 is 2.66 bits per heavy atom. The highest BCUT2D eigenvalue weighted by Gasteiger charge is 2.62. The number of likely N-dealkylation sites (N-methyl/N-ethyl adjacent to an activating group) is 1. The number of halogens is 5. The first-order valence-corrected chi connectivity index (χ1v) is 9.68. The van der Waals surface area contributed by atoms with E-state index < -0.39 is 54.4 Å². The van der Waals surface area contributed by atoms with E-state index in [2.05, 4.69) is 15.6 Å². The molecule has 2 atom stereocenters. The third-order valence-electron chi connectivity index (χ3n) is 5.64. The van der Waals surface area contributed by atoms with Crippen molar-refractivity contribution in [2.24, 2.45) is 5.92 Å². The van der Waals surface area contributed by atoms with E-state index in [1.807, 2.05) is 0 Å². The molecule has 172 valence electrons. The second-order valence-corrected chi connectivity index (χ2v) is 7.62. The summed E-state index contributed by atoms with van der Waals surface area (Å²) in [5, 5.41) is 9.78. The molecular weight excluding hydrogens is 441 g/mol. The lowest BCUT2D eigenvalue weighted by Gasteiger charge is -2.31. The van der Waals surface area contributed by atoms with Crippen molar-refractivity contribution in [2.45, 2.75) is 37.5 Å². The van der Waals surface area contributed by atoms with Crippen molar-refractivity contribution >= 4 is 17.5 Å². The van der Waals surface area contributed by atoms with E-state index in [1.165, 1.54) is 11.9 Å². The van der Waals surface area contributed by atoms with Gasteiger partial charge in [0.1, 0.15) is 18.4 Å². The summed E-state index contributed by atoms with van der Waals surface area (Å²) in [7, 11) is 1.50. The van der Waals surface area contributed by atoms with E-state index in [-0.39, 0.29) is 18.8 Å². The molecule has 0 fully saturated rings. The lowest BCUT2D eigenvalue weighted by atomic mass is 9.88. The number of benzene rings is 1. The number of alkyl halides is 5. The van der Waals surface area contributed by atoms with E-state index in [0.29, 0.717) is 11.4 Å². The molecule has 2 amide bonds. The molecule has 0 spiro atoms. The average molecular weight is 459 g/mol. The summed E-state index contributed by atoms with van der Waals surface area (Å²) < 4.78 is 72.8. The predicted octanol–water partition coefficient (Wildman–Crippen LogP) is 2.19. The number of nitrogens with zero attached hydrogens (tertiary/aromatic N) is 4. The van der Waals surface area contributed by atoms with Gasteiger partial charge in [-0.05, 0) is 18.6 Å². The number of amides is 2. The molecule has 8 nitrogen and oxygen atoms in total. The quantitative estimate of drug-likeness (QED) is 0.711. The number of aryl methyl sites for hydroxylation is 1. The van der Waals surface area contributed by atoms with Gasteiger partial charge in [-0.15, -0.1) is 5.10 Å². The molecule has 0 radical (unpaired) electrons. The Labute approximate surface area is 178 Å². The van der Waals surface area contributed by atoms with Crippen LogP contribution in [0.4, 0.5) is 27.6 Å². The van der Waals surface area contributed by atoms with Crippen molar-refractivity contribution in [3.63, 3.8) is 0 Å². The summed E-state index contributed by atoms with van der Waals surface area (Å²) in [6.45, 7) is -0.445. The van der Waals surface area contributed by atoms with E-state index in [0.717, 1.165) is 4.68 Å². The second-order valence-electron chi connectivity index (χ2n) is 7.62. The normalized spacial score (nSPS) is 21.3. The number of anilines is 1. The van der Waals surface area contributed by atoms with Crippen LogP contribution in [0.1, 0.15) is 22.6 Å². The molecule has 1 unspecified atom stereocenters. The predicted molar refractivity (Wildman–Crippen MR) is 99.4 cm³/mol. The number of hydrogen-bond acceptors (Lipinski definition) is 5. The zero-order valence-electron chi connectivity index (χ0n) is 16.7. The molecule has 1 aromatic carbocycles. The van der Waals surface area contributed by atoms with Crippen molar-refractivity contribution in [3.8, 4) is 5.75 Å². The number of nitrogens with one attached hydrogen (secondary N) is 1. The van der Waals surface area contributed by atoms with E-state index in [1.54, 1.807) is 24.3 Å². The molecule has 0 bridgehead atoms. The monoisotopic (exact) mass is 459 g/mol. The summed E-state index contributed by atoms with van der Waals surface area (Å²) in [5.41, 5.74) is -0.0429. The van der Waals surface area contributed by atoms with Crippen LogP contribution in [0.2, 0.25) is 0 Å². The second kappa shape index (κ2) is 7.71. The van der Waals surface area contributed by atoms with Gasteiger partial charge in [-0.25, -0.2) is 4.68 Å². The zero-order valence-corrected chi connectivity index (χ0v) is 16.7. The topological polar surface area (TPSA) is 89.4 Å². The van der Waals surface area contributed by atoms with Gasteiger partial charge >= 0.3 is 12.1 Å². The van der Waals surface area contributed by atoms with Crippen LogP contribution in [-0.2, 0) is 17.8 Å². The fourth-order valence-electron chi connectivity index (χ4n) is 3.83. The average Bonchev–Trinajstić information content (AvgIpc) is 3.13. The minimum absolute atomic E-state index is 0.138. The molecular formula is C19H18F5N5O3. The smallest absolute Gasteiger partial charge is 0.453 e. The van der Waals surface area contributed by atoms with Crippen LogP contribution in [0.3, 0.4) is 0 Å². The van der Waals surface area contributed by atoms with E-state index in [4.69, 9.17) is 4.74 Å². The van der Waals surface area contributed by atoms with Crippen molar-refractivity contribution in [3.05, 3.63) is 35.7 Å². The molecule has 0 saturated carbocycles. The van der Waals surface area contributed by atoms with Crippen LogP contribution in [-0.4, -0.2) is 58.6 Å². The first kappa shape index (κ1) is 22.0. The Morgan fingerprint density at radius 1 is 1.22 bits per heavy atom. The number of para-hydroxylation sites is 2. The highest BCUT2D eigenvalue weighted by atomic mass is 19.4. The number of carbonyl (C=O) groups excluding carboxylic acids is 2. The van der Waals surface area contributed by atoms with E-state index >= 15 is 0 Å². The highest BCUT2D eigenvalue weighted by Crippen LogP contribution is 2.45. The van der Waals surface area contributed by atoms with Gasteiger partial charge in [0.05, 0.1) is 11.4 Å². The van der Waals surface area contributed by atoms with Crippen LogP contribution in [0.15, 0.2) is 24.3 Å². The number of hydrogen-bond donors (Lipinski definition) is 1. The first-order chi connectivity index (χ1) is 15.0. The van der Waals surface area contributed by atoms with Crippen LogP contribution in [0.5, 0.6) is 5.75 Å². The fourth-order valence-corrected chi connectivity index (χ4v) is 3.83. The van der Waals surface area contributed by atoms with Gasteiger partial charge < -0.3 is 15.0 Å². The zero-order chi connectivity index (χ0) is 23.3. The van der Waals surface area contributed by atoms with Crippen LogP contribution in [0.25, 0.3) is 0 Å². The molecule has 0 saturated heterocycles. The minimum Gasteiger partial charge on any atom is -0.489 e. The van der Waals surface area contributed by atoms with Crippen molar-refractivity contribution in [1.29, 1.82) is 0 Å². The molecule has 13 heteroatoms. The standard InChI is InChI=1S/C19H18F5N5O3/c1-28-12-4-2-3-5-14(12)32-9-11(17(28)31)25-16(30)15-13-8-10(6-7-29(13)27-26-15)18(20,21)19(22,23)24/h2-5,10-11H,6-9H2,1H3,(H,25,30)/t10?,11-/m0/s1. The number of ether oxygens (including phenoxy) is 1. The van der Waals surface area contributed by atoms with Gasteiger partial charge in [-0.3, -0.25) is 9.59 Å². The number of fused-ring (bicyclic) bond motifs is 2. The summed E-state index contributed by atoms with van der Waals surface area (Å²) >= 11 is 0. The third kappa shape index (κ3) is 3.65. The number of carbonyl (C=O) groups is 2. The van der Waals surface area contributed by atoms with Crippen molar-refractivity contribution in [1.82, 2.24) is 20.3 Å². The molecule has 1 aromatic heterocycles. The number of rotatable bonds is 3. The molecule has 2 aromatic rings. The fraction of sp³-hybridized carbons (Fsp3) is 0.474. The van der Waals surface area contributed by atoms with Gasteiger partial charge in [0, 0.05) is 25.9 Å². The minimum atomic E-state index is -5.71. The van der Waals surface area contributed by atoms with E-state index in [9.17, 15) is 31.5 Å². The number of aromatic nitrogens is 3. The third-order valence-corrected chi connectivity index (χ3v) is 5.64. The molecule has 2 aliphatic heterocycles. The molecule has 0 aliphatic carbocycles. The summed E-state index contributed by atoms with van der Waals surface area (Å²) in [4.78, 5) is 26.8. The molecule has 2 aliphatic rings. The SMILES string of the molecule is CN1C(=O)[C@@H](NC(=O)c2nnn3c2CC(C(F)(F)C(F)(F)F)CC3)COc2ccccc21. The highest BCUT2D eigenvalue weighted by molar-refractivity contribution is 6.03. The molecule has 1 N–H and O–H groups in total. The van der Waals surface area contributed by atoms with Gasteiger partial charge in [-0.1, -0.05) is 17.3 Å². The summed E-state index contributed by atoms with van der Waals surface area (Å²) in [6, 6.07) is 5.61. The van der Waals surface area contributed by atoms with Gasteiger partial charge in [0.15, 0.2) is 5.69 Å². The van der Waals surface area contributed by atoms with Crippen molar-refractivity contribution in [2.75, 3.05) is 18.6 Å². The molecule has 4 rings (SSSR count). The first-order valence-electron chi connectivity index (χ1n) is 9.68. The Morgan fingerprint density at radius 2 is 1.94 bits per heavy atom. The van der Waals surface area contributed by atoms with Gasteiger partial charge in [0.25, 0.3) is 11.8 Å². The Bertz CT molecular complexity index is 1050. The summed E-state index contributed by atoms with van der Waals surface area (Å²) in [6.07, 6.45) is -6.91. The Kier molecular flexibility index (Phi) is 5.29. The maximum Gasteiger partial charge on any atom is 0.453 e. The van der Waals surface area contributed by atoms with Crippen LogP contribution < -0.4 is 15.0 Å². The Hall–Kier alpha value is -3.25. The lowest BCUT2D eigenvalue weighted by Crippen LogP contribution is -2.50. The molecule has 3 heterocycles.